The van der Waals surface area contributed by atoms with Crippen LogP contribution in [0.5, 0.6) is 5.75 Å². The minimum absolute atomic E-state index is 0.0169. The van der Waals surface area contributed by atoms with E-state index in [9.17, 15) is 9.90 Å². The molecule has 0 bridgehead atoms. The second-order valence-corrected chi connectivity index (χ2v) is 13.2. The van der Waals surface area contributed by atoms with Gasteiger partial charge in [0.2, 0.25) is 5.95 Å². The van der Waals surface area contributed by atoms with Gasteiger partial charge < -0.3 is 24.5 Å². The van der Waals surface area contributed by atoms with Gasteiger partial charge in [0.25, 0.3) is 0 Å². The fourth-order valence-corrected chi connectivity index (χ4v) is 6.31. The van der Waals surface area contributed by atoms with E-state index in [1.165, 1.54) is 0 Å². The third-order valence-electron chi connectivity index (χ3n) is 8.43. The van der Waals surface area contributed by atoms with Crippen LogP contribution in [0.4, 0.5) is 15.1 Å². The van der Waals surface area contributed by atoms with Crippen molar-refractivity contribution in [2.45, 2.75) is 51.2 Å². The largest absolute Gasteiger partial charge is 0.508 e. The number of aromatic nitrogens is 2. The fraction of sp³-hybridized carbons (Fsp3) is 0.424. The first-order chi connectivity index (χ1) is 20.4. The summed E-state index contributed by atoms with van der Waals surface area (Å²) in [5, 5.41) is 12.8. The Hall–Kier alpha value is -3.69. The molecule has 6 rings (SSSR count). The molecule has 4 aromatic rings. The van der Waals surface area contributed by atoms with Crippen molar-refractivity contribution in [2.75, 3.05) is 45.2 Å². The van der Waals surface area contributed by atoms with Crippen molar-refractivity contribution in [1.82, 2.24) is 19.8 Å². The number of rotatable bonds is 4. The van der Waals surface area contributed by atoms with Gasteiger partial charge in [-0.15, -0.1) is 0 Å². The van der Waals surface area contributed by atoms with Gasteiger partial charge in [0, 0.05) is 49.1 Å². The molecular formula is C33H37ClFN5O3. The average molecular weight is 606 g/mol. The highest BCUT2D eigenvalue weighted by atomic mass is 35.5. The Kier molecular flexibility index (Phi) is 7.59. The Morgan fingerprint density at radius 1 is 1.07 bits per heavy atom. The van der Waals surface area contributed by atoms with Crippen molar-refractivity contribution >= 4 is 45.3 Å². The molecule has 2 aliphatic heterocycles. The summed E-state index contributed by atoms with van der Waals surface area (Å²) in [6.45, 7) is 8.08. The van der Waals surface area contributed by atoms with Crippen molar-refractivity contribution < 1.29 is 19.0 Å². The highest BCUT2D eigenvalue weighted by Gasteiger charge is 2.34. The van der Waals surface area contributed by atoms with E-state index in [1.807, 2.05) is 59.1 Å². The zero-order valence-electron chi connectivity index (χ0n) is 25.2. The first kappa shape index (κ1) is 29.4. The van der Waals surface area contributed by atoms with Gasteiger partial charge in [-0.1, -0.05) is 35.9 Å². The van der Waals surface area contributed by atoms with Crippen LogP contribution in [0.25, 0.3) is 32.8 Å². The molecule has 0 saturated carbocycles. The number of nitrogens with zero attached hydrogens (tertiary/aromatic N) is 5. The molecular weight excluding hydrogens is 569 g/mol. The number of aromatic hydroxyl groups is 1. The standard InChI is InChI=1S/C33H37ClFN5O3/c1-33(2,3)43-32(42)39-12-10-19(11-13-39)29-25-16-26(34)27(24-15-22(41)14-20-8-6-7-9-23(20)24)28(35)30(25)37-31(36-29)40-17-21(18-40)38(4)5/h6-9,14-16,19,21,41H,10-13,17-18H2,1-5H3. The molecule has 0 spiro atoms. The van der Waals surface area contributed by atoms with Crippen molar-refractivity contribution in [3.63, 3.8) is 0 Å². The number of benzene rings is 3. The van der Waals surface area contributed by atoms with E-state index in [-0.39, 0.29) is 33.9 Å². The van der Waals surface area contributed by atoms with Gasteiger partial charge in [-0.2, -0.15) is 0 Å². The van der Waals surface area contributed by atoms with Crippen molar-refractivity contribution in [3.8, 4) is 16.9 Å². The lowest BCUT2D eigenvalue weighted by Crippen LogP contribution is -2.58. The lowest BCUT2D eigenvalue weighted by Gasteiger charge is -2.43. The van der Waals surface area contributed by atoms with E-state index in [0.29, 0.717) is 48.9 Å². The maximum Gasteiger partial charge on any atom is 0.410 e. The van der Waals surface area contributed by atoms with Crippen molar-refractivity contribution in [2.24, 2.45) is 0 Å². The Balaban J connectivity index is 1.44. The van der Waals surface area contributed by atoms with Gasteiger partial charge in [0.05, 0.1) is 10.7 Å². The van der Waals surface area contributed by atoms with E-state index >= 15 is 4.39 Å². The van der Waals surface area contributed by atoms with E-state index < -0.39 is 11.4 Å². The number of fused-ring (bicyclic) bond motifs is 2. The molecule has 0 atom stereocenters. The number of carbonyl (C=O) groups excluding carboxylic acids is 1. The zero-order valence-corrected chi connectivity index (χ0v) is 26.0. The summed E-state index contributed by atoms with van der Waals surface area (Å²) in [4.78, 5) is 28.5. The second-order valence-electron chi connectivity index (χ2n) is 12.8. The molecule has 2 fully saturated rings. The number of piperidine rings is 1. The van der Waals surface area contributed by atoms with Gasteiger partial charge >= 0.3 is 6.09 Å². The number of ether oxygens (including phenoxy) is 1. The van der Waals surface area contributed by atoms with Gasteiger partial charge in [-0.25, -0.2) is 19.2 Å². The van der Waals surface area contributed by atoms with Crippen LogP contribution < -0.4 is 4.90 Å². The van der Waals surface area contributed by atoms with E-state index in [2.05, 4.69) is 9.80 Å². The summed E-state index contributed by atoms with van der Waals surface area (Å²) in [5.41, 5.74) is 1.08. The topological polar surface area (TPSA) is 82.0 Å². The van der Waals surface area contributed by atoms with Gasteiger partial charge in [0.15, 0.2) is 5.82 Å². The number of likely N-dealkylation sites (N-methyl/N-ethyl adjacent to an activating group) is 1. The summed E-state index contributed by atoms with van der Waals surface area (Å²) in [7, 11) is 4.08. The second kappa shape index (κ2) is 11.1. The summed E-state index contributed by atoms with van der Waals surface area (Å²) in [6.07, 6.45) is 0.985. The van der Waals surface area contributed by atoms with Crippen LogP contribution in [0, 0.1) is 5.82 Å². The number of likely N-dealkylation sites (tertiary alicyclic amines) is 1. The smallest absolute Gasteiger partial charge is 0.410 e. The number of phenols is 1. The third-order valence-corrected chi connectivity index (χ3v) is 8.72. The number of amides is 1. The molecule has 1 aromatic heterocycles. The SMILES string of the molecule is CN(C)C1CN(c2nc(C3CCN(C(=O)OC(C)(C)C)CC3)c3cc(Cl)c(-c4cc(O)cc5ccccc45)c(F)c3n2)C1. The molecule has 0 aliphatic carbocycles. The molecule has 1 amide bonds. The van der Waals surface area contributed by atoms with Crippen molar-refractivity contribution in [3.05, 3.63) is 59.0 Å². The normalized spacial score (nSPS) is 16.7. The molecule has 2 saturated heterocycles. The first-order valence-electron chi connectivity index (χ1n) is 14.7. The molecule has 8 nitrogen and oxygen atoms in total. The number of hydrogen-bond acceptors (Lipinski definition) is 7. The highest BCUT2D eigenvalue weighted by Crippen LogP contribution is 2.43. The number of carbonyl (C=O) groups is 1. The van der Waals surface area contributed by atoms with Crippen LogP contribution in [-0.4, -0.2) is 82.9 Å². The lowest BCUT2D eigenvalue weighted by molar-refractivity contribution is 0.0204. The Morgan fingerprint density at radius 3 is 2.44 bits per heavy atom. The molecule has 0 radical (unpaired) electrons. The van der Waals surface area contributed by atoms with Crippen molar-refractivity contribution in [1.29, 1.82) is 0 Å². The van der Waals surface area contributed by atoms with E-state index in [1.54, 1.807) is 23.1 Å². The molecule has 3 heterocycles. The summed E-state index contributed by atoms with van der Waals surface area (Å²) < 4.78 is 22.3. The minimum atomic E-state index is -0.569. The Bertz CT molecular complexity index is 1710. The summed E-state index contributed by atoms with van der Waals surface area (Å²) >= 11 is 6.87. The zero-order chi connectivity index (χ0) is 30.6. The molecule has 2 aliphatic rings. The van der Waals surface area contributed by atoms with Crippen LogP contribution in [0.3, 0.4) is 0 Å². The molecule has 226 valence electrons. The van der Waals surface area contributed by atoms with Crippen LogP contribution in [0.2, 0.25) is 5.02 Å². The fourth-order valence-electron chi connectivity index (χ4n) is 6.01. The first-order valence-corrected chi connectivity index (χ1v) is 15.1. The molecule has 43 heavy (non-hydrogen) atoms. The van der Waals surface area contributed by atoms with Crippen LogP contribution in [0.1, 0.15) is 45.2 Å². The van der Waals surface area contributed by atoms with Crippen LogP contribution in [-0.2, 0) is 4.74 Å². The van der Waals surface area contributed by atoms with Gasteiger partial charge in [-0.05, 0) is 82.2 Å². The maximum atomic E-state index is 16.8. The third kappa shape index (κ3) is 5.68. The van der Waals surface area contributed by atoms with Crippen LogP contribution in [0.15, 0.2) is 42.5 Å². The van der Waals surface area contributed by atoms with E-state index in [4.69, 9.17) is 26.3 Å². The predicted molar refractivity (Wildman–Crippen MR) is 169 cm³/mol. The molecule has 10 heteroatoms. The summed E-state index contributed by atoms with van der Waals surface area (Å²) in [6, 6.07) is 12.8. The number of hydrogen-bond donors (Lipinski definition) is 1. The highest BCUT2D eigenvalue weighted by molar-refractivity contribution is 6.34. The Morgan fingerprint density at radius 2 is 1.77 bits per heavy atom. The quantitative estimate of drug-likeness (QED) is 0.274. The molecule has 0 unspecified atom stereocenters. The number of anilines is 1. The van der Waals surface area contributed by atoms with Gasteiger partial charge in [0.1, 0.15) is 16.9 Å². The maximum absolute atomic E-state index is 16.8. The van der Waals surface area contributed by atoms with Crippen LogP contribution >= 0.6 is 11.6 Å². The molecule has 3 aromatic carbocycles. The Labute approximate surface area is 256 Å². The minimum Gasteiger partial charge on any atom is -0.508 e. The summed E-state index contributed by atoms with van der Waals surface area (Å²) in [5.74, 6) is -0.0423. The average Bonchev–Trinajstić information content (AvgIpc) is 2.91. The lowest BCUT2D eigenvalue weighted by atomic mass is 9.89. The van der Waals surface area contributed by atoms with Gasteiger partial charge in [-0.3, -0.25) is 0 Å². The number of phenolic OH excluding ortho intramolecular Hbond substituents is 1. The monoisotopic (exact) mass is 605 g/mol. The predicted octanol–water partition coefficient (Wildman–Crippen LogP) is 6.81. The number of halogens is 2. The van der Waals surface area contributed by atoms with E-state index in [0.717, 1.165) is 29.6 Å². The molecule has 1 N–H and O–H groups in total.